The minimum absolute atomic E-state index is 0.0765. The number of carbonyl (C=O) groups excluding carboxylic acids is 2. The highest BCUT2D eigenvalue weighted by atomic mass is 16.2. The number of rotatable bonds is 7. The molecule has 0 aliphatic carbocycles. The lowest BCUT2D eigenvalue weighted by molar-refractivity contribution is -0.131. The summed E-state index contributed by atoms with van der Waals surface area (Å²) in [5.41, 5.74) is 1.99. The van der Waals surface area contributed by atoms with Crippen molar-refractivity contribution in [2.24, 2.45) is 0 Å². The number of benzene rings is 1. The Kier molecular flexibility index (Phi) is 7.09. The summed E-state index contributed by atoms with van der Waals surface area (Å²) in [6.45, 7) is 7.41. The zero-order chi connectivity index (χ0) is 17.4. The lowest BCUT2D eigenvalue weighted by atomic mass is 10.2. The van der Waals surface area contributed by atoms with Gasteiger partial charge in [0.05, 0.1) is 0 Å². The van der Waals surface area contributed by atoms with Crippen LogP contribution in [0, 0.1) is 0 Å². The Morgan fingerprint density at radius 1 is 0.958 bits per heavy atom. The Morgan fingerprint density at radius 3 is 2.21 bits per heavy atom. The quantitative estimate of drug-likeness (QED) is 0.834. The fourth-order valence-corrected chi connectivity index (χ4v) is 2.90. The summed E-state index contributed by atoms with van der Waals surface area (Å²) in [4.78, 5) is 27.9. The molecule has 132 valence electrons. The lowest BCUT2D eigenvalue weighted by Crippen LogP contribution is -2.48. The first-order valence-electron chi connectivity index (χ1n) is 9.06. The molecule has 1 aromatic carbocycles. The van der Waals surface area contributed by atoms with E-state index in [9.17, 15) is 9.59 Å². The van der Waals surface area contributed by atoms with Gasteiger partial charge in [-0.05, 0) is 37.1 Å². The third-order valence-electron chi connectivity index (χ3n) is 4.37. The summed E-state index contributed by atoms with van der Waals surface area (Å²) in [6, 6.07) is 7.99. The first kappa shape index (κ1) is 18.3. The molecule has 0 saturated carbocycles. The number of carbonyl (C=O) groups is 2. The average molecular weight is 331 g/mol. The fraction of sp³-hybridized carbons (Fsp3) is 0.579. The second-order valence-corrected chi connectivity index (χ2v) is 6.32. The predicted molar refractivity (Wildman–Crippen MR) is 98.3 cm³/mol. The summed E-state index contributed by atoms with van der Waals surface area (Å²) in [5, 5.41) is 2.93. The van der Waals surface area contributed by atoms with E-state index < -0.39 is 0 Å². The van der Waals surface area contributed by atoms with Crippen LogP contribution in [0.15, 0.2) is 24.3 Å². The van der Waals surface area contributed by atoms with Crippen LogP contribution in [0.5, 0.6) is 0 Å². The number of nitrogens with zero attached hydrogens (tertiary/aromatic N) is 2. The van der Waals surface area contributed by atoms with Crippen molar-refractivity contribution in [1.29, 1.82) is 0 Å². The highest BCUT2D eigenvalue weighted by Gasteiger charge is 2.20. The van der Waals surface area contributed by atoms with E-state index in [4.69, 9.17) is 0 Å². The first-order valence-corrected chi connectivity index (χ1v) is 9.06. The average Bonchev–Trinajstić information content (AvgIpc) is 2.61. The Hall–Kier alpha value is -2.04. The van der Waals surface area contributed by atoms with Gasteiger partial charge in [0.2, 0.25) is 11.8 Å². The number of anilines is 2. The van der Waals surface area contributed by atoms with Crippen LogP contribution in [-0.4, -0.2) is 42.9 Å². The molecule has 2 rings (SSSR count). The van der Waals surface area contributed by atoms with Gasteiger partial charge in [-0.25, -0.2) is 0 Å². The van der Waals surface area contributed by atoms with Crippen molar-refractivity contribution in [3.63, 3.8) is 0 Å². The molecule has 1 N–H and O–H groups in total. The Labute approximate surface area is 145 Å². The zero-order valence-corrected chi connectivity index (χ0v) is 14.9. The molecule has 1 aliphatic rings. The van der Waals surface area contributed by atoms with Crippen LogP contribution in [0.4, 0.5) is 11.4 Å². The number of unbranched alkanes of at least 4 members (excludes halogenated alkanes) is 1. The standard InChI is InChI=1S/C19H29N3O2/c1-3-5-7-18(23)20-16-8-10-17(11-9-16)21-12-14-22(15-13-21)19(24)6-4-2/h8-11H,3-7,12-15H2,1-2H3,(H,20,23). The van der Waals surface area contributed by atoms with Crippen LogP contribution in [0.1, 0.15) is 46.0 Å². The molecular formula is C19H29N3O2. The summed E-state index contributed by atoms with van der Waals surface area (Å²) >= 11 is 0. The van der Waals surface area contributed by atoms with E-state index in [0.29, 0.717) is 12.8 Å². The number of hydrogen-bond acceptors (Lipinski definition) is 3. The molecular weight excluding hydrogens is 302 g/mol. The van der Waals surface area contributed by atoms with Gasteiger partial charge in [-0.2, -0.15) is 0 Å². The summed E-state index contributed by atoms with van der Waals surface area (Å²) in [5.74, 6) is 0.343. The van der Waals surface area contributed by atoms with Crippen molar-refractivity contribution < 1.29 is 9.59 Å². The number of amides is 2. The topological polar surface area (TPSA) is 52.7 Å². The summed E-state index contributed by atoms with van der Waals surface area (Å²) < 4.78 is 0. The molecule has 1 fully saturated rings. The van der Waals surface area contributed by atoms with Crippen LogP contribution in [0.2, 0.25) is 0 Å². The van der Waals surface area contributed by atoms with Crippen LogP contribution in [-0.2, 0) is 9.59 Å². The van der Waals surface area contributed by atoms with E-state index in [1.165, 1.54) is 0 Å². The minimum atomic E-state index is 0.0765. The van der Waals surface area contributed by atoms with Crippen molar-refractivity contribution in [1.82, 2.24) is 4.90 Å². The minimum Gasteiger partial charge on any atom is -0.368 e. The molecule has 24 heavy (non-hydrogen) atoms. The first-order chi connectivity index (χ1) is 11.6. The third-order valence-corrected chi connectivity index (χ3v) is 4.37. The van der Waals surface area contributed by atoms with Crippen molar-refractivity contribution in [2.45, 2.75) is 46.0 Å². The summed E-state index contributed by atoms with van der Waals surface area (Å²) in [6.07, 6.45) is 4.08. The third kappa shape index (κ3) is 5.25. The molecule has 0 bridgehead atoms. The second-order valence-electron chi connectivity index (χ2n) is 6.32. The highest BCUT2D eigenvalue weighted by molar-refractivity contribution is 5.90. The summed E-state index contributed by atoms with van der Waals surface area (Å²) in [7, 11) is 0. The molecule has 5 heteroatoms. The molecule has 1 aliphatic heterocycles. The van der Waals surface area contributed by atoms with Crippen molar-refractivity contribution in [2.75, 3.05) is 36.4 Å². The van der Waals surface area contributed by atoms with Gasteiger partial charge in [0.15, 0.2) is 0 Å². The Morgan fingerprint density at radius 2 is 1.62 bits per heavy atom. The van der Waals surface area contributed by atoms with E-state index in [1.54, 1.807) is 0 Å². The van der Waals surface area contributed by atoms with Gasteiger partial charge in [-0.15, -0.1) is 0 Å². The molecule has 2 amide bonds. The van der Waals surface area contributed by atoms with Gasteiger partial charge < -0.3 is 15.1 Å². The number of piperazine rings is 1. The highest BCUT2D eigenvalue weighted by Crippen LogP contribution is 2.20. The van der Waals surface area contributed by atoms with E-state index in [1.807, 2.05) is 36.1 Å². The molecule has 0 aromatic heterocycles. The van der Waals surface area contributed by atoms with E-state index >= 15 is 0 Å². The smallest absolute Gasteiger partial charge is 0.224 e. The van der Waals surface area contributed by atoms with Crippen molar-refractivity contribution in [3.05, 3.63) is 24.3 Å². The van der Waals surface area contributed by atoms with Gasteiger partial charge >= 0.3 is 0 Å². The largest absolute Gasteiger partial charge is 0.368 e. The maximum atomic E-state index is 11.9. The van der Waals surface area contributed by atoms with Gasteiger partial charge in [0.25, 0.3) is 0 Å². The number of hydrogen-bond donors (Lipinski definition) is 1. The molecule has 1 saturated heterocycles. The van der Waals surface area contributed by atoms with Crippen LogP contribution in [0.25, 0.3) is 0 Å². The van der Waals surface area contributed by atoms with Gasteiger partial charge in [-0.1, -0.05) is 20.3 Å². The molecule has 1 heterocycles. The van der Waals surface area contributed by atoms with Crippen molar-refractivity contribution >= 4 is 23.2 Å². The van der Waals surface area contributed by atoms with Crippen LogP contribution in [0.3, 0.4) is 0 Å². The zero-order valence-electron chi connectivity index (χ0n) is 14.9. The van der Waals surface area contributed by atoms with Crippen molar-refractivity contribution in [3.8, 4) is 0 Å². The molecule has 0 atom stereocenters. The maximum absolute atomic E-state index is 11.9. The SMILES string of the molecule is CCCCC(=O)Nc1ccc(N2CCN(C(=O)CCC)CC2)cc1. The fourth-order valence-electron chi connectivity index (χ4n) is 2.90. The van der Waals surface area contributed by atoms with Gasteiger partial charge in [0.1, 0.15) is 0 Å². The van der Waals surface area contributed by atoms with Crippen LogP contribution >= 0.6 is 0 Å². The number of nitrogens with one attached hydrogen (secondary N) is 1. The normalized spacial score (nSPS) is 14.6. The Balaban J connectivity index is 1.84. The van der Waals surface area contributed by atoms with Gasteiger partial charge in [0, 0.05) is 50.4 Å². The van der Waals surface area contributed by atoms with Crippen LogP contribution < -0.4 is 10.2 Å². The molecule has 0 radical (unpaired) electrons. The second kappa shape index (κ2) is 9.30. The van der Waals surface area contributed by atoms with E-state index in [2.05, 4.69) is 17.1 Å². The lowest BCUT2D eigenvalue weighted by Gasteiger charge is -2.36. The van der Waals surface area contributed by atoms with E-state index in [0.717, 1.165) is 56.8 Å². The maximum Gasteiger partial charge on any atom is 0.224 e. The van der Waals surface area contributed by atoms with E-state index in [-0.39, 0.29) is 11.8 Å². The molecule has 1 aromatic rings. The molecule has 0 unspecified atom stereocenters. The monoisotopic (exact) mass is 331 g/mol. The van der Waals surface area contributed by atoms with Gasteiger partial charge in [-0.3, -0.25) is 9.59 Å². The molecule has 0 spiro atoms. The molecule has 5 nitrogen and oxygen atoms in total. The predicted octanol–water partition coefficient (Wildman–Crippen LogP) is 3.26. The Bertz CT molecular complexity index is 534.